The first-order chi connectivity index (χ1) is 6.31. The van der Waals surface area contributed by atoms with Crippen LogP contribution in [0.5, 0.6) is 0 Å². The molecule has 0 amide bonds. The van der Waals surface area contributed by atoms with E-state index in [1.165, 1.54) is 7.11 Å². The number of nitrogens with one attached hydrogen (secondary N) is 1. The number of fused-ring (bicyclic) bond motifs is 1. The zero-order valence-electron chi connectivity index (χ0n) is 7.35. The van der Waals surface area contributed by atoms with Crippen molar-refractivity contribution >= 4 is 29.3 Å². The largest absolute Gasteiger partial charge is 0.464 e. The molecule has 1 N–H and O–H groups in total. The number of ether oxygens (including phenoxy) is 1. The Bertz CT molecular complexity index is 455. The molecule has 6 heteroatoms. The van der Waals surface area contributed by atoms with Crippen LogP contribution in [0.25, 0.3) is 10.9 Å². The molecule has 0 atom stereocenters. The summed E-state index contributed by atoms with van der Waals surface area (Å²) in [6.45, 7) is 0. The average Bonchev–Trinajstić information content (AvgIpc) is 2.63. The third-order valence-corrected chi connectivity index (χ3v) is 1.72. The summed E-state index contributed by atoms with van der Waals surface area (Å²) in [5.41, 5.74) is 1.05. The van der Waals surface area contributed by atoms with Crippen LogP contribution >= 0.6 is 12.4 Å². The molecular formula is C8H8ClN3O2. The maximum absolute atomic E-state index is 11.1. The normalized spacial score (nSPS) is 9.50. The highest BCUT2D eigenvalue weighted by atomic mass is 35.5. The van der Waals surface area contributed by atoms with Crippen molar-refractivity contribution in [2.75, 3.05) is 7.11 Å². The number of hydrogen-bond acceptors (Lipinski definition) is 4. The van der Waals surface area contributed by atoms with Crippen molar-refractivity contribution in [1.29, 1.82) is 0 Å². The smallest absolute Gasteiger partial charge is 0.356 e. The molecule has 0 spiro atoms. The predicted octanol–water partition coefficient (Wildman–Crippen LogP) is 1.17. The summed E-state index contributed by atoms with van der Waals surface area (Å²) in [6.07, 6.45) is 3.22. The van der Waals surface area contributed by atoms with Crippen LogP contribution in [0.1, 0.15) is 10.5 Å². The monoisotopic (exact) mass is 213 g/mol. The summed E-state index contributed by atoms with van der Waals surface area (Å²) in [7, 11) is 1.32. The molecule has 2 rings (SSSR count). The van der Waals surface area contributed by atoms with Gasteiger partial charge in [-0.1, -0.05) is 0 Å². The highest BCUT2D eigenvalue weighted by Gasteiger charge is 2.07. The minimum Gasteiger partial charge on any atom is -0.464 e. The molecule has 74 valence electrons. The number of pyridine rings is 1. The van der Waals surface area contributed by atoms with Crippen LogP contribution in [0, 0.1) is 0 Å². The number of carbonyl (C=O) groups is 1. The molecule has 0 saturated heterocycles. The fourth-order valence-corrected chi connectivity index (χ4v) is 1.05. The van der Waals surface area contributed by atoms with E-state index in [9.17, 15) is 4.79 Å². The summed E-state index contributed by atoms with van der Waals surface area (Å²) in [5, 5.41) is 7.42. The number of esters is 1. The number of nitrogens with zero attached hydrogens (tertiary/aromatic N) is 2. The molecule has 2 aromatic rings. The van der Waals surface area contributed by atoms with Gasteiger partial charge in [0, 0.05) is 11.6 Å². The lowest BCUT2D eigenvalue weighted by Gasteiger charge is -1.96. The zero-order valence-corrected chi connectivity index (χ0v) is 8.17. The summed E-state index contributed by atoms with van der Waals surface area (Å²) >= 11 is 0. The topological polar surface area (TPSA) is 67.9 Å². The second-order valence-corrected chi connectivity index (χ2v) is 2.52. The summed E-state index contributed by atoms with van der Waals surface area (Å²) < 4.78 is 4.53. The van der Waals surface area contributed by atoms with Crippen molar-refractivity contribution in [2.45, 2.75) is 0 Å². The van der Waals surface area contributed by atoms with E-state index in [1.807, 2.05) is 0 Å². The van der Waals surface area contributed by atoms with Crippen molar-refractivity contribution in [1.82, 2.24) is 15.2 Å². The second-order valence-electron chi connectivity index (χ2n) is 2.52. The van der Waals surface area contributed by atoms with Crippen LogP contribution in [-0.4, -0.2) is 28.3 Å². The highest BCUT2D eigenvalue weighted by molar-refractivity contribution is 5.91. The fraction of sp³-hybridized carbons (Fsp3) is 0.125. The number of hydrogen-bond donors (Lipinski definition) is 1. The Labute approximate surface area is 85.9 Å². The van der Waals surface area contributed by atoms with Gasteiger partial charge >= 0.3 is 5.97 Å². The van der Waals surface area contributed by atoms with Crippen molar-refractivity contribution in [3.8, 4) is 0 Å². The molecule has 0 fully saturated rings. The molecule has 0 aromatic carbocycles. The molecule has 2 heterocycles. The maximum Gasteiger partial charge on any atom is 0.356 e. The molecule has 0 saturated carbocycles. The number of methoxy groups -OCH3 is 1. The van der Waals surface area contributed by atoms with Gasteiger partial charge in [0.05, 0.1) is 18.8 Å². The van der Waals surface area contributed by atoms with Gasteiger partial charge in [-0.2, -0.15) is 5.10 Å². The van der Waals surface area contributed by atoms with Gasteiger partial charge in [0.1, 0.15) is 0 Å². The lowest BCUT2D eigenvalue weighted by Crippen LogP contribution is -2.03. The van der Waals surface area contributed by atoms with Gasteiger partial charge in [-0.05, 0) is 6.07 Å². The van der Waals surface area contributed by atoms with Crippen LogP contribution in [-0.2, 0) is 4.74 Å². The molecule has 0 unspecified atom stereocenters. The number of H-pyrrole nitrogens is 1. The van der Waals surface area contributed by atoms with Gasteiger partial charge in [0.15, 0.2) is 5.69 Å². The number of halogens is 1. The highest BCUT2D eigenvalue weighted by Crippen LogP contribution is 2.10. The third kappa shape index (κ3) is 1.67. The van der Waals surface area contributed by atoms with E-state index in [0.29, 0.717) is 0 Å². The van der Waals surface area contributed by atoms with E-state index in [1.54, 1.807) is 18.5 Å². The Morgan fingerprint density at radius 1 is 1.50 bits per heavy atom. The molecule has 5 nitrogen and oxygen atoms in total. The van der Waals surface area contributed by atoms with Crippen molar-refractivity contribution in [3.63, 3.8) is 0 Å². The van der Waals surface area contributed by atoms with Gasteiger partial charge in [-0.25, -0.2) is 9.78 Å². The van der Waals surface area contributed by atoms with E-state index in [0.717, 1.165) is 10.9 Å². The van der Waals surface area contributed by atoms with Crippen molar-refractivity contribution < 1.29 is 9.53 Å². The molecule has 14 heavy (non-hydrogen) atoms. The number of aromatic nitrogens is 3. The van der Waals surface area contributed by atoms with Crippen molar-refractivity contribution in [3.05, 3.63) is 24.2 Å². The predicted molar refractivity (Wildman–Crippen MR) is 52.5 cm³/mol. The molecule has 0 aliphatic rings. The quantitative estimate of drug-likeness (QED) is 0.722. The van der Waals surface area contributed by atoms with Crippen LogP contribution in [0.15, 0.2) is 18.5 Å². The van der Waals surface area contributed by atoms with E-state index >= 15 is 0 Å². The summed E-state index contributed by atoms with van der Waals surface area (Å²) in [4.78, 5) is 15.0. The lowest BCUT2D eigenvalue weighted by molar-refractivity contribution is 0.0594. The first-order valence-electron chi connectivity index (χ1n) is 3.68. The van der Waals surface area contributed by atoms with E-state index < -0.39 is 5.97 Å². The Hall–Kier alpha value is -1.62. The fourth-order valence-electron chi connectivity index (χ4n) is 1.05. The molecule has 0 radical (unpaired) electrons. The number of carbonyl (C=O) groups excluding carboxylic acids is 1. The Morgan fingerprint density at radius 3 is 3.00 bits per heavy atom. The molecule has 0 aliphatic carbocycles. The zero-order chi connectivity index (χ0) is 9.26. The molecule has 0 bridgehead atoms. The average molecular weight is 214 g/mol. The van der Waals surface area contributed by atoms with E-state index in [-0.39, 0.29) is 18.1 Å². The number of aromatic amines is 1. The Morgan fingerprint density at radius 2 is 2.29 bits per heavy atom. The van der Waals surface area contributed by atoms with Crippen molar-refractivity contribution in [2.24, 2.45) is 0 Å². The second kappa shape index (κ2) is 4.06. The van der Waals surface area contributed by atoms with E-state index in [2.05, 4.69) is 19.9 Å². The van der Waals surface area contributed by atoms with Crippen LogP contribution in [0.3, 0.4) is 0 Å². The summed E-state index contributed by atoms with van der Waals surface area (Å²) in [5.74, 6) is -0.448. The molecular weight excluding hydrogens is 206 g/mol. The van der Waals surface area contributed by atoms with Gasteiger partial charge in [0.2, 0.25) is 0 Å². The standard InChI is InChI=1S/C8H7N3O2.ClH/c1-13-8(12)7-2-6-5(3-9-7)4-10-11-6;/h2-4H,1H3,(H,10,11);1H. The first kappa shape index (κ1) is 10.5. The van der Waals surface area contributed by atoms with E-state index in [4.69, 9.17) is 0 Å². The summed E-state index contributed by atoms with van der Waals surface area (Å²) in [6, 6.07) is 1.61. The van der Waals surface area contributed by atoms with Crippen LogP contribution < -0.4 is 0 Å². The van der Waals surface area contributed by atoms with Gasteiger partial charge in [-0.3, -0.25) is 5.10 Å². The number of rotatable bonds is 1. The first-order valence-corrected chi connectivity index (χ1v) is 3.68. The maximum atomic E-state index is 11.1. The van der Waals surface area contributed by atoms with Gasteiger partial charge in [-0.15, -0.1) is 12.4 Å². The third-order valence-electron chi connectivity index (χ3n) is 1.72. The van der Waals surface area contributed by atoms with Crippen LogP contribution in [0.4, 0.5) is 0 Å². The minimum atomic E-state index is -0.448. The van der Waals surface area contributed by atoms with Gasteiger partial charge < -0.3 is 4.74 Å². The SMILES string of the molecule is COC(=O)c1cc2[nH]ncc2cn1.Cl. The molecule has 2 aromatic heterocycles. The Kier molecular flexibility index (Phi) is 3.03. The Balaban J connectivity index is 0.000000980. The minimum absolute atomic E-state index is 0. The lowest BCUT2D eigenvalue weighted by atomic mass is 10.3. The van der Waals surface area contributed by atoms with Crippen LogP contribution in [0.2, 0.25) is 0 Å². The molecule has 0 aliphatic heterocycles. The van der Waals surface area contributed by atoms with Gasteiger partial charge in [0.25, 0.3) is 0 Å².